The van der Waals surface area contributed by atoms with Crippen molar-refractivity contribution in [3.63, 3.8) is 0 Å². The third kappa shape index (κ3) is 2.81. The highest BCUT2D eigenvalue weighted by molar-refractivity contribution is 5.97. The van der Waals surface area contributed by atoms with Crippen LogP contribution in [0.15, 0.2) is 18.3 Å². The van der Waals surface area contributed by atoms with Gasteiger partial charge in [0.2, 0.25) is 0 Å². The molecule has 0 aliphatic carbocycles. The van der Waals surface area contributed by atoms with Crippen LogP contribution in [0.2, 0.25) is 0 Å². The summed E-state index contributed by atoms with van der Waals surface area (Å²) in [6.07, 6.45) is 1.81. The van der Waals surface area contributed by atoms with Crippen LogP contribution in [0, 0.1) is 6.92 Å². The first-order valence-electron chi connectivity index (χ1n) is 5.38. The summed E-state index contributed by atoms with van der Waals surface area (Å²) in [6.45, 7) is 4.94. The zero-order chi connectivity index (χ0) is 13.1. The van der Waals surface area contributed by atoms with Crippen LogP contribution in [0.3, 0.4) is 0 Å². The summed E-state index contributed by atoms with van der Waals surface area (Å²) in [5.41, 5.74) is -0.289. The van der Waals surface area contributed by atoms with E-state index >= 15 is 0 Å². The molecule has 1 atom stereocenters. The molecule has 0 aromatic carbocycles. The number of carbonyl (C=O) groups excluding carboxylic acids is 1. The molecule has 17 heavy (non-hydrogen) atoms. The van der Waals surface area contributed by atoms with Crippen molar-refractivity contribution in [2.45, 2.75) is 32.7 Å². The molecule has 0 bridgehead atoms. The molecular weight excluding hydrogens is 220 g/mol. The highest BCUT2D eigenvalue weighted by Gasteiger charge is 2.33. The standard InChI is InChI=1S/C12H16N2O3/c1-4-12(3,11(16)17)14-10(15)9-8(2)6-5-7-13-9/h5-7H,4H2,1-3H3,(H,14,15)(H,16,17). The lowest BCUT2D eigenvalue weighted by Gasteiger charge is -2.24. The number of nitrogens with zero attached hydrogens (tertiary/aromatic N) is 1. The molecule has 0 fully saturated rings. The molecule has 1 heterocycles. The number of rotatable bonds is 4. The fraction of sp³-hybridized carbons (Fsp3) is 0.417. The number of carbonyl (C=O) groups is 2. The van der Waals surface area contributed by atoms with Crippen molar-refractivity contribution >= 4 is 11.9 Å². The van der Waals surface area contributed by atoms with Gasteiger partial charge in [-0.3, -0.25) is 9.78 Å². The van der Waals surface area contributed by atoms with Crippen molar-refractivity contribution in [2.75, 3.05) is 0 Å². The number of hydrogen-bond acceptors (Lipinski definition) is 3. The molecule has 0 saturated carbocycles. The van der Waals surface area contributed by atoms with Crippen LogP contribution in [-0.4, -0.2) is 27.5 Å². The van der Waals surface area contributed by atoms with Gasteiger partial charge in [0.05, 0.1) is 0 Å². The third-order valence-electron chi connectivity index (χ3n) is 2.79. The van der Waals surface area contributed by atoms with Crippen LogP contribution >= 0.6 is 0 Å². The predicted molar refractivity (Wildman–Crippen MR) is 62.8 cm³/mol. The second kappa shape index (κ2) is 4.95. The van der Waals surface area contributed by atoms with Crippen molar-refractivity contribution in [3.05, 3.63) is 29.6 Å². The van der Waals surface area contributed by atoms with E-state index in [1.807, 2.05) is 0 Å². The number of hydrogen-bond donors (Lipinski definition) is 2. The molecule has 0 aliphatic heterocycles. The molecule has 1 unspecified atom stereocenters. The molecule has 1 aromatic heterocycles. The number of amides is 1. The van der Waals surface area contributed by atoms with E-state index in [4.69, 9.17) is 5.11 Å². The van der Waals surface area contributed by atoms with Crippen LogP contribution in [0.1, 0.15) is 36.3 Å². The van der Waals surface area contributed by atoms with E-state index in [1.165, 1.54) is 13.1 Å². The molecule has 92 valence electrons. The second-order valence-corrected chi connectivity index (χ2v) is 4.11. The van der Waals surface area contributed by atoms with E-state index in [-0.39, 0.29) is 5.69 Å². The number of carboxylic acids is 1. The number of aromatic nitrogens is 1. The fourth-order valence-corrected chi connectivity index (χ4v) is 1.33. The number of pyridine rings is 1. The van der Waals surface area contributed by atoms with Gasteiger partial charge in [0.25, 0.3) is 5.91 Å². The van der Waals surface area contributed by atoms with E-state index in [0.717, 1.165) is 0 Å². The summed E-state index contributed by atoms with van der Waals surface area (Å²) in [5, 5.41) is 11.6. The maximum absolute atomic E-state index is 11.9. The van der Waals surface area contributed by atoms with E-state index in [0.29, 0.717) is 12.0 Å². The summed E-state index contributed by atoms with van der Waals surface area (Å²) in [7, 11) is 0. The minimum atomic E-state index is -1.26. The first kappa shape index (κ1) is 13.2. The lowest BCUT2D eigenvalue weighted by molar-refractivity contribution is -0.143. The van der Waals surface area contributed by atoms with Gasteiger partial charge in [-0.15, -0.1) is 0 Å². The Labute approximate surface area is 99.9 Å². The van der Waals surface area contributed by atoms with Gasteiger partial charge >= 0.3 is 5.97 Å². The van der Waals surface area contributed by atoms with Gasteiger partial charge in [-0.2, -0.15) is 0 Å². The van der Waals surface area contributed by atoms with Gasteiger partial charge in [-0.25, -0.2) is 4.79 Å². The Bertz CT molecular complexity index is 445. The zero-order valence-corrected chi connectivity index (χ0v) is 10.2. The lowest BCUT2D eigenvalue weighted by Crippen LogP contribution is -2.52. The fourth-order valence-electron chi connectivity index (χ4n) is 1.33. The Kier molecular flexibility index (Phi) is 3.83. The Morgan fingerprint density at radius 2 is 2.18 bits per heavy atom. The molecular formula is C12H16N2O3. The van der Waals surface area contributed by atoms with Crippen LogP contribution < -0.4 is 5.32 Å². The Morgan fingerprint density at radius 1 is 1.53 bits per heavy atom. The first-order chi connectivity index (χ1) is 7.90. The molecule has 1 rings (SSSR count). The lowest BCUT2D eigenvalue weighted by atomic mass is 9.99. The zero-order valence-electron chi connectivity index (χ0n) is 10.2. The van der Waals surface area contributed by atoms with E-state index < -0.39 is 17.4 Å². The van der Waals surface area contributed by atoms with Crippen molar-refractivity contribution in [3.8, 4) is 0 Å². The minimum absolute atomic E-state index is 0.258. The molecule has 1 aromatic rings. The monoisotopic (exact) mass is 236 g/mol. The predicted octanol–water partition coefficient (Wildman–Crippen LogP) is 1.37. The molecule has 0 radical (unpaired) electrons. The highest BCUT2D eigenvalue weighted by Crippen LogP contribution is 2.11. The van der Waals surface area contributed by atoms with Crippen LogP contribution in [0.4, 0.5) is 0 Å². The van der Waals surface area contributed by atoms with E-state index in [2.05, 4.69) is 10.3 Å². The Morgan fingerprint density at radius 3 is 2.65 bits per heavy atom. The molecule has 5 heteroatoms. The first-order valence-corrected chi connectivity index (χ1v) is 5.38. The average Bonchev–Trinajstić information content (AvgIpc) is 2.29. The highest BCUT2D eigenvalue weighted by atomic mass is 16.4. The van der Waals surface area contributed by atoms with Crippen LogP contribution in [0.5, 0.6) is 0 Å². The Hall–Kier alpha value is -1.91. The summed E-state index contributed by atoms with van der Waals surface area (Å²) < 4.78 is 0. The van der Waals surface area contributed by atoms with Gasteiger partial charge in [0, 0.05) is 6.20 Å². The number of nitrogens with one attached hydrogen (secondary N) is 1. The average molecular weight is 236 g/mol. The van der Waals surface area contributed by atoms with Gasteiger partial charge in [-0.1, -0.05) is 13.0 Å². The van der Waals surface area contributed by atoms with Gasteiger partial charge < -0.3 is 10.4 Å². The number of carboxylic acid groups (broad SMARTS) is 1. The quantitative estimate of drug-likeness (QED) is 0.827. The van der Waals surface area contributed by atoms with Crippen molar-refractivity contribution < 1.29 is 14.7 Å². The van der Waals surface area contributed by atoms with E-state index in [1.54, 1.807) is 26.0 Å². The molecule has 0 spiro atoms. The molecule has 2 N–H and O–H groups in total. The van der Waals surface area contributed by atoms with Crippen molar-refractivity contribution in [2.24, 2.45) is 0 Å². The molecule has 0 aliphatic rings. The Balaban J connectivity index is 2.93. The SMILES string of the molecule is CCC(C)(NC(=O)c1ncccc1C)C(=O)O. The topological polar surface area (TPSA) is 79.3 Å². The maximum atomic E-state index is 11.9. The summed E-state index contributed by atoms with van der Waals surface area (Å²) >= 11 is 0. The maximum Gasteiger partial charge on any atom is 0.329 e. The summed E-state index contributed by atoms with van der Waals surface area (Å²) in [6, 6.07) is 3.48. The normalized spacial score (nSPS) is 13.8. The number of aryl methyl sites for hydroxylation is 1. The number of aliphatic carboxylic acids is 1. The summed E-state index contributed by atoms with van der Waals surface area (Å²) in [4.78, 5) is 26.9. The van der Waals surface area contributed by atoms with Crippen LogP contribution in [0.25, 0.3) is 0 Å². The smallest absolute Gasteiger partial charge is 0.329 e. The van der Waals surface area contributed by atoms with Gasteiger partial charge in [0.1, 0.15) is 11.2 Å². The molecule has 5 nitrogen and oxygen atoms in total. The summed E-state index contributed by atoms with van der Waals surface area (Å²) in [5.74, 6) is -1.52. The largest absolute Gasteiger partial charge is 0.480 e. The van der Waals surface area contributed by atoms with Gasteiger partial charge in [0.15, 0.2) is 0 Å². The van der Waals surface area contributed by atoms with Crippen LogP contribution in [-0.2, 0) is 4.79 Å². The molecule has 0 saturated heterocycles. The van der Waals surface area contributed by atoms with Gasteiger partial charge in [-0.05, 0) is 31.9 Å². The van der Waals surface area contributed by atoms with E-state index in [9.17, 15) is 9.59 Å². The second-order valence-electron chi connectivity index (χ2n) is 4.11. The molecule has 1 amide bonds. The van der Waals surface area contributed by atoms with Crippen molar-refractivity contribution in [1.29, 1.82) is 0 Å². The van der Waals surface area contributed by atoms with Crippen molar-refractivity contribution in [1.82, 2.24) is 10.3 Å². The third-order valence-corrected chi connectivity index (χ3v) is 2.79. The minimum Gasteiger partial charge on any atom is -0.480 e.